The third-order valence-corrected chi connectivity index (χ3v) is 7.91. The maximum absolute atomic E-state index is 6.64. The van der Waals surface area contributed by atoms with Gasteiger partial charge in [0, 0.05) is 22.0 Å². The van der Waals surface area contributed by atoms with Crippen LogP contribution in [0.5, 0.6) is 23.0 Å². The molecule has 0 saturated carbocycles. The maximum atomic E-state index is 6.64. The molecule has 0 fully saturated rings. The van der Waals surface area contributed by atoms with Gasteiger partial charge in [-0.2, -0.15) is 5.10 Å². The minimum atomic E-state index is -0.498. The molecule has 2 aliphatic rings. The molecule has 0 aliphatic carbocycles. The fraction of sp³-hybridized carbons (Fsp3) is 0.207. The molecule has 4 aromatic carbocycles. The van der Waals surface area contributed by atoms with Crippen LogP contribution in [0.4, 0.5) is 0 Å². The summed E-state index contributed by atoms with van der Waals surface area (Å²) in [6, 6.07) is 22.8. The number of rotatable bonds is 5. The highest BCUT2D eigenvalue weighted by Crippen LogP contribution is 2.52. The smallest absolute Gasteiger partial charge is 0.214 e. The SMILES string of the molecule is COc1cc([C@@H]2Oc3c(Br)cc(Br)cc3[C@H]3CC(c4ccc5ccccc5c4)=NN32)cc(OC)c1OC. The summed E-state index contributed by atoms with van der Waals surface area (Å²) in [4.78, 5) is 0. The predicted octanol–water partition coefficient (Wildman–Crippen LogP) is 7.63. The molecule has 0 radical (unpaired) electrons. The minimum absolute atomic E-state index is 0.0110. The van der Waals surface area contributed by atoms with Crippen LogP contribution in [0.1, 0.15) is 35.4 Å². The Morgan fingerprint density at radius 3 is 2.30 bits per heavy atom. The second kappa shape index (κ2) is 9.58. The van der Waals surface area contributed by atoms with Crippen molar-refractivity contribution in [2.24, 2.45) is 5.10 Å². The zero-order chi connectivity index (χ0) is 25.7. The Bertz CT molecular complexity index is 1530. The quantitative estimate of drug-likeness (QED) is 0.229. The van der Waals surface area contributed by atoms with Gasteiger partial charge in [0.2, 0.25) is 12.0 Å². The van der Waals surface area contributed by atoms with Crippen LogP contribution in [-0.4, -0.2) is 32.0 Å². The van der Waals surface area contributed by atoms with Crippen LogP contribution in [0.15, 0.2) is 80.8 Å². The predicted molar refractivity (Wildman–Crippen MR) is 151 cm³/mol. The van der Waals surface area contributed by atoms with E-state index in [1.165, 1.54) is 10.8 Å². The summed E-state index contributed by atoms with van der Waals surface area (Å²) in [5.74, 6) is 2.47. The molecule has 37 heavy (non-hydrogen) atoms. The van der Waals surface area contributed by atoms with Crippen molar-refractivity contribution in [1.29, 1.82) is 0 Å². The Labute approximate surface area is 232 Å². The van der Waals surface area contributed by atoms with Crippen LogP contribution in [0.2, 0.25) is 0 Å². The number of fused-ring (bicyclic) bond motifs is 4. The van der Waals surface area contributed by atoms with Crippen LogP contribution in [0, 0.1) is 0 Å². The van der Waals surface area contributed by atoms with Gasteiger partial charge in [-0.3, -0.25) is 0 Å². The molecule has 8 heteroatoms. The summed E-state index contributed by atoms with van der Waals surface area (Å²) in [5, 5.41) is 9.58. The summed E-state index contributed by atoms with van der Waals surface area (Å²) in [7, 11) is 4.82. The summed E-state index contributed by atoms with van der Waals surface area (Å²) in [6.07, 6.45) is 0.250. The monoisotopic (exact) mass is 622 g/mol. The van der Waals surface area contributed by atoms with Crippen LogP contribution in [0.3, 0.4) is 0 Å². The highest BCUT2D eigenvalue weighted by Gasteiger charge is 2.42. The molecule has 6 rings (SSSR count). The van der Waals surface area contributed by atoms with E-state index in [0.717, 1.165) is 43.5 Å². The largest absolute Gasteiger partial charge is 0.493 e. The second-order valence-corrected chi connectivity index (χ2v) is 10.7. The molecule has 0 aromatic heterocycles. The molecular formula is C29H24Br2N2O4. The van der Waals surface area contributed by atoms with E-state index in [4.69, 9.17) is 24.0 Å². The molecule has 0 bridgehead atoms. The topological polar surface area (TPSA) is 52.5 Å². The van der Waals surface area contributed by atoms with Gasteiger partial charge in [0.25, 0.3) is 0 Å². The number of nitrogens with zero attached hydrogens (tertiary/aromatic N) is 2. The zero-order valence-electron chi connectivity index (χ0n) is 20.5. The number of benzene rings is 4. The first kappa shape index (κ1) is 24.1. The Morgan fingerprint density at radius 2 is 1.59 bits per heavy atom. The number of halogens is 2. The first-order valence-corrected chi connectivity index (χ1v) is 13.4. The lowest BCUT2D eigenvalue weighted by Gasteiger charge is -2.39. The molecule has 188 valence electrons. The maximum Gasteiger partial charge on any atom is 0.214 e. The van der Waals surface area contributed by atoms with E-state index < -0.39 is 6.23 Å². The molecule has 2 atom stereocenters. The number of methoxy groups -OCH3 is 3. The number of hydrazone groups is 1. The van der Waals surface area contributed by atoms with Gasteiger partial charge in [-0.1, -0.05) is 52.3 Å². The molecule has 0 spiro atoms. The van der Waals surface area contributed by atoms with E-state index in [2.05, 4.69) is 80.4 Å². The molecule has 4 aromatic rings. The Morgan fingerprint density at radius 1 is 0.865 bits per heavy atom. The van der Waals surface area contributed by atoms with Gasteiger partial charge in [-0.05, 0) is 62.6 Å². The van der Waals surface area contributed by atoms with E-state index in [-0.39, 0.29) is 6.04 Å². The van der Waals surface area contributed by atoms with Gasteiger partial charge < -0.3 is 18.9 Å². The summed E-state index contributed by atoms with van der Waals surface area (Å²) < 4.78 is 25.3. The van der Waals surface area contributed by atoms with Gasteiger partial charge in [0.05, 0.1) is 37.6 Å². The third-order valence-electron chi connectivity index (χ3n) is 6.86. The molecular weight excluding hydrogens is 600 g/mol. The normalized spacial score (nSPS) is 18.1. The van der Waals surface area contributed by atoms with Crippen molar-refractivity contribution in [3.63, 3.8) is 0 Å². The van der Waals surface area contributed by atoms with Crippen LogP contribution in [0.25, 0.3) is 10.8 Å². The summed E-state index contributed by atoms with van der Waals surface area (Å²) >= 11 is 7.37. The van der Waals surface area contributed by atoms with Crippen LogP contribution < -0.4 is 18.9 Å². The summed E-state index contributed by atoms with van der Waals surface area (Å²) in [5.41, 5.74) is 4.04. The Balaban J connectivity index is 1.50. The number of ether oxygens (including phenoxy) is 4. The highest BCUT2D eigenvalue weighted by molar-refractivity contribution is 9.11. The molecule has 2 aliphatic heterocycles. The van der Waals surface area contributed by atoms with E-state index in [1.807, 2.05) is 23.2 Å². The lowest BCUT2D eigenvalue weighted by atomic mass is 9.95. The molecule has 0 amide bonds. The van der Waals surface area contributed by atoms with Gasteiger partial charge in [-0.15, -0.1) is 0 Å². The van der Waals surface area contributed by atoms with Crippen molar-refractivity contribution in [3.05, 3.63) is 92.4 Å². The standard InChI is InChI=1S/C29H24Br2N2O4/c1-34-25-11-19(12-26(35-2)28(25)36-3)29-33-24(21-13-20(30)14-22(31)27(21)37-29)15-23(32-33)18-9-8-16-6-4-5-7-17(16)10-18/h4-14,24,29H,15H2,1-3H3/t24-,29+/m1/s1. The van der Waals surface area contributed by atoms with Gasteiger partial charge >= 0.3 is 0 Å². The van der Waals surface area contributed by atoms with Crippen molar-refractivity contribution < 1.29 is 18.9 Å². The van der Waals surface area contributed by atoms with Gasteiger partial charge in [0.15, 0.2) is 11.5 Å². The lowest BCUT2D eigenvalue weighted by Crippen LogP contribution is -2.34. The van der Waals surface area contributed by atoms with E-state index in [0.29, 0.717) is 17.2 Å². The van der Waals surface area contributed by atoms with Crippen LogP contribution in [-0.2, 0) is 0 Å². The van der Waals surface area contributed by atoms with Crippen molar-refractivity contribution >= 4 is 48.3 Å². The second-order valence-electron chi connectivity index (χ2n) is 8.94. The average molecular weight is 624 g/mol. The minimum Gasteiger partial charge on any atom is -0.493 e. The Kier molecular flexibility index (Phi) is 6.24. The summed E-state index contributed by atoms with van der Waals surface area (Å²) in [6.45, 7) is 0. The van der Waals surface area contributed by atoms with E-state index >= 15 is 0 Å². The van der Waals surface area contributed by atoms with Crippen molar-refractivity contribution in [2.45, 2.75) is 18.7 Å². The highest BCUT2D eigenvalue weighted by atomic mass is 79.9. The fourth-order valence-electron chi connectivity index (χ4n) is 5.12. The number of hydrogen-bond donors (Lipinski definition) is 0. The first-order chi connectivity index (χ1) is 18.0. The molecule has 0 saturated heterocycles. The molecule has 0 N–H and O–H groups in total. The molecule has 6 nitrogen and oxygen atoms in total. The van der Waals surface area contributed by atoms with Crippen molar-refractivity contribution in [2.75, 3.05) is 21.3 Å². The fourth-order valence-corrected chi connectivity index (χ4v) is 6.47. The van der Waals surface area contributed by atoms with Crippen LogP contribution >= 0.6 is 31.9 Å². The Hall–Kier alpha value is -3.23. The van der Waals surface area contributed by atoms with E-state index in [9.17, 15) is 0 Å². The average Bonchev–Trinajstić information content (AvgIpc) is 3.37. The van der Waals surface area contributed by atoms with Crippen molar-refractivity contribution in [3.8, 4) is 23.0 Å². The first-order valence-electron chi connectivity index (χ1n) is 11.8. The van der Waals surface area contributed by atoms with Gasteiger partial charge in [-0.25, -0.2) is 5.01 Å². The lowest BCUT2D eigenvalue weighted by molar-refractivity contribution is -0.0199. The van der Waals surface area contributed by atoms with E-state index in [1.54, 1.807) is 21.3 Å². The molecule has 2 heterocycles. The molecule has 0 unspecified atom stereocenters. The van der Waals surface area contributed by atoms with Crippen molar-refractivity contribution in [1.82, 2.24) is 5.01 Å². The van der Waals surface area contributed by atoms with Gasteiger partial charge in [0.1, 0.15) is 5.75 Å². The third kappa shape index (κ3) is 4.12. The number of hydrogen-bond acceptors (Lipinski definition) is 6. The zero-order valence-corrected chi connectivity index (χ0v) is 23.7.